The highest BCUT2D eigenvalue weighted by Crippen LogP contribution is 2.10. The number of hydrogen-bond acceptors (Lipinski definition) is 5. The first-order valence-corrected chi connectivity index (χ1v) is 7.20. The predicted octanol–water partition coefficient (Wildman–Crippen LogP) is -0.0820. The number of rotatable bonds is 6. The lowest BCUT2D eigenvalue weighted by atomic mass is 10.2. The third kappa shape index (κ3) is 3.83. The molecular formula is C11H11FN4O4S. The number of aliphatic carboxylic acids is 1. The molecule has 8 nitrogen and oxygen atoms in total. The average Bonchev–Trinajstić information content (AvgIpc) is 2.90. The van der Waals surface area contributed by atoms with Crippen LogP contribution in [-0.2, 0) is 21.2 Å². The van der Waals surface area contributed by atoms with Gasteiger partial charge in [-0.25, -0.2) is 17.8 Å². The van der Waals surface area contributed by atoms with E-state index in [2.05, 4.69) is 15.0 Å². The largest absolute Gasteiger partial charge is 0.480 e. The minimum Gasteiger partial charge on any atom is -0.480 e. The van der Waals surface area contributed by atoms with Crippen molar-refractivity contribution in [2.24, 2.45) is 0 Å². The standard InChI is InChI=1S/C11H11FN4O4S/c12-7-1-9(5-13-3-7)21(19,20)16-10(11(17)18)2-8-4-14-6-15-8/h1,3-6,10,16H,2H2,(H,14,15)(H,17,18)/t10-/m1/s1. The van der Waals surface area contributed by atoms with E-state index in [1.54, 1.807) is 0 Å². The van der Waals surface area contributed by atoms with Gasteiger partial charge in [-0.2, -0.15) is 4.72 Å². The fourth-order valence-corrected chi connectivity index (χ4v) is 2.75. The van der Waals surface area contributed by atoms with E-state index in [0.29, 0.717) is 5.69 Å². The van der Waals surface area contributed by atoms with Gasteiger partial charge in [-0.3, -0.25) is 9.78 Å². The van der Waals surface area contributed by atoms with E-state index < -0.39 is 32.7 Å². The zero-order valence-electron chi connectivity index (χ0n) is 10.5. The van der Waals surface area contributed by atoms with E-state index in [1.807, 2.05) is 4.72 Å². The fraction of sp³-hybridized carbons (Fsp3) is 0.182. The lowest BCUT2D eigenvalue weighted by molar-refractivity contribution is -0.138. The molecule has 2 aromatic rings. The third-order valence-electron chi connectivity index (χ3n) is 2.56. The molecule has 112 valence electrons. The lowest BCUT2D eigenvalue weighted by Crippen LogP contribution is -2.42. The van der Waals surface area contributed by atoms with Gasteiger partial charge in [-0.05, 0) is 6.07 Å². The summed E-state index contributed by atoms with van der Waals surface area (Å²) in [5.74, 6) is -2.20. The number of aromatic nitrogens is 3. The van der Waals surface area contributed by atoms with Crippen LogP contribution in [0.4, 0.5) is 4.39 Å². The normalized spacial score (nSPS) is 13.0. The highest BCUT2D eigenvalue weighted by Gasteiger charge is 2.26. The number of halogens is 1. The molecule has 0 aromatic carbocycles. The summed E-state index contributed by atoms with van der Waals surface area (Å²) in [7, 11) is -4.20. The van der Waals surface area contributed by atoms with Gasteiger partial charge in [-0.15, -0.1) is 0 Å². The molecule has 3 N–H and O–H groups in total. The second-order valence-corrected chi connectivity index (χ2v) is 5.85. The van der Waals surface area contributed by atoms with Gasteiger partial charge < -0.3 is 10.1 Å². The minimum absolute atomic E-state index is 0.128. The Hall–Kier alpha value is -2.33. The Morgan fingerprint density at radius 1 is 1.38 bits per heavy atom. The van der Waals surface area contributed by atoms with Crippen LogP contribution < -0.4 is 4.72 Å². The molecule has 2 aromatic heterocycles. The topological polar surface area (TPSA) is 125 Å². The van der Waals surface area contributed by atoms with Crippen molar-refractivity contribution in [2.45, 2.75) is 17.4 Å². The quantitative estimate of drug-likeness (QED) is 0.685. The van der Waals surface area contributed by atoms with Crippen LogP contribution in [0, 0.1) is 5.82 Å². The number of hydrogen-bond donors (Lipinski definition) is 3. The average molecular weight is 314 g/mol. The zero-order valence-corrected chi connectivity index (χ0v) is 11.3. The van der Waals surface area contributed by atoms with Gasteiger partial charge in [0.1, 0.15) is 16.8 Å². The van der Waals surface area contributed by atoms with Crippen molar-refractivity contribution in [3.8, 4) is 0 Å². The molecule has 1 atom stereocenters. The molecule has 0 fully saturated rings. The number of carboxylic acid groups (broad SMARTS) is 1. The number of carboxylic acids is 1. The van der Waals surface area contributed by atoms with Crippen LogP contribution in [0.15, 0.2) is 35.9 Å². The van der Waals surface area contributed by atoms with Gasteiger partial charge in [0.05, 0.1) is 12.5 Å². The Balaban J connectivity index is 2.21. The Morgan fingerprint density at radius 2 is 2.14 bits per heavy atom. The molecule has 0 saturated heterocycles. The van der Waals surface area contributed by atoms with E-state index in [9.17, 15) is 17.6 Å². The van der Waals surface area contributed by atoms with Crippen LogP contribution >= 0.6 is 0 Å². The zero-order chi connectivity index (χ0) is 15.5. The summed E-state index contributed by atoms with van der Waals surface area (Å²) in [5.41, 5.74) is 0.447. The van der Waals surface area contributed by atoms with E-state index >= 15 is 0 Å². The monoisotopic (exact) mass is 314 g/mol. The minimum atomic E-state index is -4.20. The van der Waals surface area contributed by atoms with Crippen LogP contribution in [0.2, 0.25) is 0 Å². The van der Waals surface area contributed by atoms with Crippen LogP contribution in [0.1, 0.15) is 5.69 Å². The molecule has 2 rings (SSSR count). The Bertz CT molecular complexity index is 732. The molecule has 0 spiro atoms. The summed E-state index contributed by atoms with van der Waals surface area (Å²) in [6.07, 6.45) is 4.38. The van der Waals surface area contributed by atoms with Gasteiger partial charge in [0.25, 0.3) is 0 Å². The Kier molecular flexibility index (Phi) is 4.29. The lowest BCUT2D eigenvalue weighted by Gasteiger charge is -2.13. The molecule has 0 aliphatic rings. The summed E-state index contributed by atoms with van der Waals surface area (Å²) in [6, 6.07) is -0.663. The number of imidazole rings is 1. The van der Waals surface area contributed by atoms with Crippen molar-refractivity contribution >= 4 is 16.0 Å². The molecular weight excluding hydrogens is 303 g/mol. The number of pyridine rings is 1. The van der Waals surface area contributed by atoms with Crippen molar-refractivity contribution in [1.29, 1.82) is 0 Å². The predicted molar refractivity (Wildman–Crippen MR) is 68.2 cm³/mol. The summed E-state index contributed by atoms with van der Waals surface area (Å²) in [5, 5.41) is 9.09. The van der Waals surface area contributed by atoms with Crippen molar-refractivity contribution in [1.82, 2.24) is 19.7 Å². The maximum absolute atomic E-state index is 13.0. The first kappa shape index (κ1) is 15.1. The van der Waals surface area contributed by atoms with E-state index in [1.165, 1.54) is 12.5 Å². The molecule has 0 amide bonds. The number of aromatic amines is 1. The first-order chi connectivity index (χ1) is 9.88. The Morgan fingerprint density at radius 3 is 2.71 bits per heavy atom. The summed E-state index contributed by atoms with van der Waals surface area (Å²) in [4.78, 5) is 20.5. The molecule has 0 aliphatic heterocycles. The molecule has 0 radical (unpaired) electrons. The number of carbonyl (C=O) groups is 1. The third-order valence-corrected chi connectivity index (χ3v) is 4.00. The molecule has 0 bridgehead atoms. The highest BCUT2D eigenvalue weighted by molar-refractivity contribution is 7.89. The Labute approximate surface area is 119 Å². The summed E-state index contributed by atoms with van der Waals surface area (Å²) in [6.45, 7) is 0. The van der Waals surface area contributed by atoms with Gasteiger partial charge in [-0.1, -0.05) is 0 Å². The first-order valence-electron chi connectivity index (χ1n) is 5.71. The van der Waals surface area contributed by atoms with Crippen LogP contribution in [0.3, 0.4) is 0 Å². The van der Waals surface area contributed by atoms with Crippen LogP contribution in [0.5, 0.6) is 0 Å². The van der Waals surface area contributed by atoms with Crippen molar-refractivity contribution in [3.63, 3.8) is 0 Å². The maximum atomic E-state index is 13.0. The molecule has 0 aliphatic carbocycles. The summed E-state index contributed by atoms with van der Waals surface area (Å²) < 4.78 is 39.0. The van der Waals surface area contributed by atoms with Crippen molar-refractivity contribution in [3.05, 3.63) is 42.5 Å². The maximum Gasteiger partial charge on any atom is 0.322 e. The van der Waals surface area contributed by atoms with Crippen molar-refractivity contribution in [2.75, 3.05) is 0 Å². The highest BCUT2D eigenvalue weighted by atomic mass is 32.2. The van der Waals surface area contributed by atoms with Crippen LogP contribution in [-0.4, -0.2) is 40.5 Å². The summed E-state index contributed by atoms with van der Waals surface area (Å²) >= 11 is 0. The van der Waals surface area contributed by atoms with E-state index in [4.69, 9.17) is 5.11 Å². The van der Waals surface area contributed by atoms with Crippen LogP contribution in [0.25, 0.3) is 0 Å². The van der Waals surface area contributed by atoms with Gasteiger partial charge in [0.15, 0.2) is 0 Å². The number of H-pyrrole nitrogens is 1. The molecule has 21 heavy (non-hydrogen) atoms. The van der Waals surface area contributed by atoms with Gasteiger partial charge in [0.2, 0.25) is 10.0 Å². The smallest absolute Gasteiger partial charge is 0.322 e. The number of nitrogens with zero attached hydrogens (tertiary/aromatic N) is 2. The van der Waals surface area contributed by atoms with Crippen molar-refractivity contribution < 1.29 is 22.7 Å². The number of nitrogens with one attached hydrogen (secondary N) is 2. The second kappa shape index (κ2) is 5.97. The molecule has 0 saturated carbocycles. The molecule has 0 unspecified atom stereocenters. The van der Waals surface area contributed by atoms with E-state index in [-0.39, 0.29) is 6.42 Å². The van der Waals surface area contributed by atoms with Gasteiger partial charge >= 0.3 is 5.97 Å². The van der Waals surface area contributed by atoms with Gasteiger partial charge in [0, 0.05) is 24.5 Å². The second-order valence-electron chi connectivity index (χ2n) is 4.13. The van der Waals surface area contributed by atoms with E-state index in [0.717, 1.165) is 18.5 Å². The SMILES string of the molecule is O=C(O)[C@@H](Cc1cnc[nH]1)NS(=O)(=O)c1cncc(F)c1. The molecule has 10 heteroatoms. The molecule has 2 heterocycles. The number of sulfonamides is 1. The fourth-order valence-electron chi connectivity index (χ4n) is 1.59.